The number of hydrogen-bond donors (Lipinski definition) is 0. The van der Waals surface area contributed by atoms with Crippen molar-refractivity contribution in [1.82, 2.24) is 9.13 Å². The van der Waals surface area contributed by atoms with Gasteiger partial charge in [-0.1, -0.05) is 121 Å². The summed E-state index contributed by atoms with van der Waals surface area (Å²) in [4.78, 5) is 0. The molecule has 3 nitrogen and oxygen atoms in total. The first-order valence-electron chi connectivity index (χ1n) is 18.0. The number of para-hydroxylation sites is 5. The van der Waals surface area contributed by atoms with E-state index in [9.17, 15) is 0 Å². The molecule has 0 spiro atoms. The van der Waals surface area contributed by atoms with Crippen molar-refractivity contribution in [1.29, 1.82) is 0 Å². The maximum atomic E-state index is 6.45. The SMILES string of the molecule is C1=CC(C2=CCCC(c3cccc4c3oc3ccccc34)=C2)=CC(n2c3ccccc3c3cc(-n4c5ccccc5c5ccccc54)ccc32)C1. The maximum Gasteiger partial charge on any atom is 0.142 e. The minimum atomic E-state index is 0.199. The highest BCUT2D eigenvalue weighted by Gasteiger charge is 2.22. The first kappa shape index (κ1) is 28.5. The van der Waals surface area contributed by atoms with Gasteiger partial charge in [0.1, 0.15) is 11.2 Å². The van der Waals surface area contributed by atoms with E-state index in [1.54, 1.807) is 0 Å². The molecule has 0 bridgehead atoms. The molecular weight excluding hydrogens is 621 g/mol. The van der Waals surface area contributed by atoms with Gasteiger partial charge in [0, 0.05) is 54.6 Å². The lowest BCUT2D eigenvalue weighted by molar-refractivity contribution is 0.644. The lowest BCUT2D eigenvalue weighted by Gasteiger charge is -2.23. The Morgan fingerprint density at radius 1 is 0.569 bits per heavy atom. The second kappa shape index (κ2) is 11.1. The highest BCUT2D eigenvalue weighted by atomic mass is 16.3. The molecule has 2 aliphatic carbocycles. The predicted octanol–water partition coefficient (Wildman–Crippen LogP) is 13.0. The van der Waals surface area contributed by atoms with E-state index in [2.05, 4.69) is 167 Å². The third kappa shape index (κ3) is 4.31. The fourth-order valence-corrected chi connectivity index (χ4v) is 8.84. The standard InChI is InChI=1S/C48H34N2O/c1-5-22-43-37(16-1)38-17-2-6-23-44(38)50(43)35-26-27-46-42(30-35)39-18-3-7-24-45(39)49(46)34-15-10-13-32(29-34)31-12-9-14-33(28-31)36-20-11-21-41-40-19-4-8-25-47(40)51-48(36)41/h1-8,10-13,16-30,34H,9,14-15H2. The number of aromatic nitrogens is 2. The van der Waals surface area contributed by atoms with Gasteiger partial charge in [0.15, 0.2) is 0 Å². The first-order valence-corrected chi connectivity index (χ1v) is 18.0. The fraction of sp³-hybridized carbons (Fsp3) is 0.0833. The molecule has 0 fully saturated rings. The predicted molar refractivity (Wildman–Crippen MR) is 214 cm³/mol. The van der Waals surface area contributed by atoms with Crippen LogP contribution in [0.4, 0.5) is 0 Å². The quantitative estimate of drug-likeness (QED) is 0.185. The average molecular weight is 655 g/mol. The number of nitrogens with zero attached hydrogens (tertiary/aromatic N) is 2. The summed E-state index contributed by atoms with van der Waals surface area (Å²) in [7, 11) is 0. The van der Waals surface area contributed by atoms with Gasteiger partial charge in [-0.2, -0.15) is 0 Å². The number of benzene rings is 6. The molecule has 3 aromatic heterocycles. The molecule has 1 atom stereocenters. The van der Waals surface area contributed by atoms with Crippen molar-refractivity contribution < 1.29 is 4.42 Å². The Labute approximate surface area is 295 Å². The van der Waals surface area contributed by atoms with Crippen LogP contribution in [-0.2, 0) is 0 Å². The van der Waals surface area contributed by atoms with Crippen LogP contribution >= 0.6 is 0 Å². The van der Waals surface area contributed by atoms with Crippen LogP contribution in [0.2, 0.25) is 0 Å². The normalized spacial score (nSPS) is 16.5. The molecule has 0 saturated carbocycles. The summed E-state index contributed by atoms with van der Waals surface area (Å²) in [5.74, 6) is 0. The van der Waals surface area contributed by atoms with E-state index in [1.807, 2.05) is 6.07 Å². The molecule has 9 aromatic rings. The Hall–Kier alpha value is -6.32. The lowest BCUT2D eigenvalue weighted by atomic mass is 9.87. The van der Waals surface area contributed by atoms with E-state index in [0.717, 1.165) is 30.4 Å². The molecule has 0 N–H and O–H groups in total. The van der Waals surface area contributed by atoms with Crippen LogP contribution < -0.4 is 0 Å². The number of furan rings is 1. The van der Waals surface area contributed by atoms with Gasteiger partial charge in [0.25, 0.3) is 0 Å². The van der Waals surface area contributed by atoms with Crippen LogP contribution in [0.15, 0.2) is 179 Å². The summed E-state index contributed by atoms with van der Waals surface area (Å²) in [5.41, 5.74) is 13.2. The van der Waals surface area contributed by atoms with Gasteiger partial charge < -0.3 is 13.6 Å². The van der Waals surface area contributed by atoms with Crippen molar-refractivity contribution >= 4 is 71.1 Å². The molecular formula is C48H34N2O. The lowest BCUT2D eigenvalue weighted by Crippen LogP contribution is -2.09. The Kier molecular flexibility index (Phi) is 6.20. The maximum absolute atomic E-state index is 6.45. The summed E-state index contributed by atoms with van der Waals surface area (Å²) in [6.07, 6.45) is 14.9. The molecule has 6 aromatic carbocycles. The van der Waals surface area contributed by atoms with Crippen LogP contribution in [0, 0.1) is 0 Å². The van der Waals surface area contributed by atoms with Gasteiger partial charge in [-0.25, -0.2) is 0 Å². The smallest absolute Gasteiger partial charge is 0.142 e. The number of hydrogen-bond acceptors (Lipinski definition) is 1. The van der Waals surface area contributed by atoms with Crippen molar-refractivity contribution in [3.05, 3.63) is 181 Å². The zero-order valence-electron chi connectivity index (χ0n) is 28.1. The molecule has 1 unspecified atom stereocenters. The van der Waals surface area contributed by atoms with Crippen LogP contribution in [0.25, 0.3) is 76.8 Å². The third-order valence-electron chi connectivity index (χ3n) is 11.1. The fourth-order valence-electron chi connectivity index (χ4n) is 8.84. The van der Waals surface area contributed by atoms with E-state index in [-0.39, 0.29) is 6.04 Å². The summed E-state index contributed by atoms with van der Waals surface area (Å²) in [5, 5.41) is 7.50. The van der Waals surface area contributed by atoms with Gasteiger partial charge in [-0.15, -0.1) is 0 Å². The number of rotatable bonds is 4. The van der Waals surface area contributed by atoms with Crippen molar-refractivity contribution in [2.24, 2.45) is 0 Å². The third-order valence-corrected chi connectivity index (χ3v) is 11.1. The van der Waals surface area contributed by atoms with Crippen LogP contribution in [-0.4, -0.2) is 9.13 Å². The molecule has 242 valence electrons. The Morgan fingerprint density at radius 2 is 1.24 bits per heavy atom. The molecule has 0 saturated heterocycles. The Morgan fingerprint density at radius 3 is 2.04 bits per heavy atom. The second-order valence-electron chi connectivity index (χ2n) is 13.9. The van der Waals surface area contributed by atoms with Gasteiger partial charge in [0.05, 0.1) is 17.1 Å². The number of allylic oxidation sites excluding steroid dienone is 8. The van der Waals surface area contributed by atoms with Gasteiger partial charge in [-0.3, -0.25) is 0 Å². The summed E-state index contributed by atoms with van der Waals surface area (Å²) < 4.78 is 11.4. The van der Waals surface area contributed by atoms with E-state index in [4.69, 9.17) is 4.42 Å². The highest BCUT2D eigenvalue weighted by Crippen LogP contribution is 2.41. The van der Waals surface area contributed by atoms with E-state index in [0.29, 0.717) is 0 Å². The molecule has 0 amide bonds. The zero-order valence-corrected chi connectivity index (χ0v) is 28.1. The number of fused-ring (bicyclic) bond motifs is 9. The van der Waals surface area contributed by atoms with Crippen LogP contribution in [0.5, 0.6) is 0 Å². The first-order chi connectivity index (χ1) is 25.3. The van der Waals surface area contributed by atoms with Crippen molar-refractivity contribution in [3.8, 4) is 5.69 Å². The van der Waals surface area contributed by atoms with Gasteiger partial charge >= 0.3 is 0 Å². The monoisotopic (exact) mass is 654 g/mol. The van der Waals surface area contributed by atoms with Gasteiger partial charge in [0.2, 0.25) is 0 Å². The van der Waals surface area contributed by atoms with Crippen LogP contribution in [0.1, 0.15) is 30.9 Å². The molecule has 2 aliphatic rings. The van der Waals surface area contributed by atoms with E-state index in [1.165, 1.54) is 82.4 Å². The van der Waals surface area contributed by atoms with Crippen molar-refractivity contribution in [2.45, 2.75) is 25.3 Å². The van der Waals surface area contributed by atoms with Crippen molar-refractivity contribution in [3.63, 3.8) is 0 Å². The summed E-state index contributed by atoms with van der Waals surface area (Å²) >= 11 is 0. The minimum Gasteiger partial charge on any atom is -0.455 e. The van der Waals surface area contributed by atoms with Crippen LogP contribution in [0.3, 0.4) is 0 Å². The van der Waals surface area contributed by atoms with Crippen molar-refractivity contribution in [2.75, 3.05) is 0 Å². The zero-order chi connectivity index (χ0) is 33.5. The Balaban J connectivity index is 1.02. The molecule has 51 heavy (non-hydrogen) atoms. The summed E-state index contributed by atoms with van der Waals surface area (Å²) in [6, 6.07) is 48.6. The van der Waals surface area contributed by atoms with E-state index >= 15 is 0 Å². The average Bonchev–Trinajstić information content (AvgIpc) is 3.86. The highest BCUT2D eigenvalue weighted by molar-refractivity contribution is 6.12. The largest absolute Gasteiger partial charge is 0.455 e. The minimum absolute atomic E-state index is 0.199. The topological polar surface area (TPSA) is 23.0 Å². The summed E-state index contributed by atoms with van der Waals surface area (Å²) in [6.45, 7) is 0. The Bertz CT molecular complexity index is 2950. The second-order valence-corrected chi connectivity index (χ2v) is 13.9. The molecule has 0 radical (unpaired) electrons. The van der Waals surface area contributed by atoms with Gasteiger partial charge in [-0.05, 0) is 78.4 Å². The molecule has 11 rings (SSSR count). The molecule has 0 aliphatic heterocycles. The molecule has 3 heteroatoms. The molecule has 3 heterocycles. The van der Waals surface area contributed by atoms with E-state index < -0.39 is 0 Å².